The van der Waals surface area contributed by atoms with Gasteiger partial charge in [-0.3, -0.25) is 19.4 Å². The van der Waals surface area contributed by atoms with Gasteiger partial charge in [-0.2, -0.15) is 4.31 Å². The Morgan fingerprint density at radius 2 is 1.59 bits per heavy atom. The molecule has 0 radical (unpaired) electrons. The molecular formula is C24H27N3O6S. The predicted octanol–water partition coefficient (Wildman–Crippen LogP) is 1.13. The molecule has 2 saturated heterocycles. The van der Waals surface area contributed by atoms with Crippen molar-refractivity contribution in [2.45, 2.75) is 23.8 Å². The number of amides is 2. The van der Waals surface area contributed by atoms with E-state index in [2.05, 4.69) is 0 Å². The van der Waals surface area contributed by atoms with E-state index in [-0.39, 0.29) is 36.2 Å². The topological polar surface area (TPSA) is 96.5 Å². The largest absolute Gasteiger partial charge is 0.486 e. The predicted molar refractivity (Wildman–Crippen MR) is 123 cm³/mol. The molecule has 2 fully saturated rings. The molecule has 2 aromatic rings. The minimum atomic E-state index is -3.71. The number of imide groups is 1. The van der Waals surface area contributed by atoms with Crippen LogP contribution in [-0.4, -0.2) is 86.3 Å². The SMILES string of the molecule is O=C1C[C@H](N2CCN(S(=O)(=O)c3ccc4c(c3)OCCO4)CC2)C(=O)N1CCc1ccccc1. The van der Waals surface area contributed by atoms with E-state index in [9.17, 15) is 18.0 Å². The number of hydrogen-bond acceptors (Lipinski definition) is 7. The lowest BCUT2D eigenvalue weighted by atomic mass is 10.1. The van der Waals surface area contributed by atoms with Gasteiger partial charge in [0.15, 0.2) is 11.5 Å². The first-order valence-corrected chi connectivity index (χ1v) is 12.9. The summed E-state index contributed by atoms with van der Waals surface area (Å²) in [5, 5.41) is 0. The first-order valence-electron chi connectivity index (χ1n) is 11.5. The lowest BCUT2D eigenvalue weighted by Crippen LogP contribution is -2.53. The number of nitrogens with zero attached hydrogens (tertiary/aromatic N) is 3. The number of carbonyl (C=O) groups excluding carboxylic acids is 2. The number of fused-ring (bicyclic) bond motifs is 1. The van der Waals surface area contributed by atoms with Gasteiger partial charge in [-0.15, -0.1) is 0 Å². The number of rotatable bonds is 6. The van der Waals surface area contributed by atoms with Crippen molar-refractivity contribution < 1.29 is 27.5 Å². The van der Waals surface area contributed by atoms with Crippen LogP contribution in [-0.2, 0) is 26.0 Å². The highest BCUT2D eigenvalue weighted by Crippen LogP contribution is 2.33. The van der Waals surface area contributed by atoms with Crippen LogP contribution in [0.4, 0.5) is 0 Å². The van der Waals surface area contributed by atoms with Crippen LogP contribution >= 0.6 is 0 Å². The molecule has 1 atom stereocenters. The Bertz CT molecular complexity index is 1180. The van der Waals surface area contributed by atoms with Gasteiger partial charge in [0, 0.05) is 38.8 Å². The molecule has 9 nitrogen and oxygen atoms in total. The second-order valence-corrected chi connectivity index (χ2v) is 10.5. The van der Waals surface area contributed by atoms with Crippen LogP contribution in [0.1, 0.15) is 12.0 Å². The van der Waals surface area contributed by atoms with Gasteiger partial charge >= 0.3 is 0 Å². The van der Waals surface area contributed by atoms with Crippen molar-refractivity contribution in [2.24, 2.45) is 0 Å². The van der Waals surface area contributed by atoms with Crippen LogP contribution in [0.2, 0.25) is 0 Å². The smallest absolute Gasteiger partial charge is 0.247 e. The van der Waals surface area contributed by atoms with E-state index in [1.54, 1.807) is 6.07 Å². The van der Waals surface area contributed by atoms with E-state index in [1.807, 2.05) is 35.2 Å². The second-order valence-electron chi connectivity index (χ2n) is 8.58. The standard InChI is InChI=1S/C24H27N3O6S/c28-23-17-20(24(29)27(23)9-8-18-4-2-1-3-5-18)25-10-12-26(13-11-25)34(30,31)19-6-7-21-22(16-19)33-15-14-32-21/h1-7,16,20H,8-15,17H2/t20-/m0/s1. The van der Waals surface area contributed by atoms with Crippen molar-refractivity contribution in [1.29, 1.82) is 0 Å². The summed E-state index contributed by atoms with van der Waals surface area (Å²) in [6.07, 6.45) is 0.759. The quantitative estimate of drug-likeness (QED) is 0.566. The zero-order chi connectivity index (χ0) is 23.7. The van der Waals surface area contributed by atoms with Crippen molar-refractivity contribution in [3.63, 3.8) is 0 Å². The molecule has 0 bridgehead atoms. The summed E-state index contributed by atoms with van der Waals surface area (Å²) in [7, 11) is -3.71. The average Bonchev–Trinajstić information content (AvgIpc) is 3.16. The Hall–Kier alpha value is -2.95. The van der Waals surface area contributed by atoms with Crippen molar-refractivity contribution in [2.75, 3.05) is 45.9 Å². The fraction of sp³-hybridized carbons (Fsp3) is 0.417. The number of sulfonamides is 1. The minimum Gasteiger partial charge on any atom is -0.486 e. The second kappa shape index (κ2) is 9.36. The van der Waals surface area contributed by atoms with E-state index < -0.39 is 16.1 Å². The van der Waals surface area contributed by atoms with Crippen LogP contribution in [0.3, 0.4) is 0 Å². The first kappa shape index (κ1) is 22.8. The van der Waals surface area contributed by atoms with Crippen LogP contribution in [0.25, 0.3) is 0 Å². The molecule has 0 N–H and O–H groups in total. The molecule has 180 valence electrons. The van der Waals surface area contributed by atoms with Gasteiger partial charge in [-0.25, -0.2) is 8.42 Å². The third kappa shape index (κ3) is 4.40. The van der Waals surface area contributed by atoms with Crippen molar-refractivity contribution in [3.05, 3.63) is 54.1 Å². The van der Waals surface area contributed by atoms with E-state index >= 15 is 0 Å². The highest BCUT2D eigenvalue weighted by Gasteiger charge is 2.43. The van der Waals surface area contributed by atoms with Crippen LogP contribution in [0.5, 0.6) is 11.5 Å². The molecule has 3 aliphatic heterocycles. The molecule has 34 heavy (non-hydrogen) atoms. The molecule has 5 rings (SSSR count). The molecule has 0 saturated carbocycles. The molecule has 3 aliphatic rings. The van der Waals surface area contributed by atoms with Crippen LogP contribution < -0.4 is 9.47 Å². The van der Waals surface area contributed by atoms with Crippen molar-refractivity contribution in [1.82, 2.24) is 14.1 Å². The van der Waals surface area contributed by atoms with Gasteiger partial charge in [-0.1, -0.05) is 30.3 Å². The van der Waals surface area contributed by atoms with E-state index in [4.69, 9.17) is 9.47 Å². The lowest BCUT2D eigenvalue weighted by molar-refractivity contribution is -0.139. The maximum atomic E-state index is 13.2. The summed E-state index contributed by atoms with van der Waals surface area (Å²) in [6.45, 7) is 2.45. The summed E-state index contributed by atoms with van der Waals surface area (Å²) in [6, 6.07) is 13.9. The fourth-order valence-corrected chi connectivity index (χ4v) is 6.10. The summed E-state index contributed by atoms with van der Waals surface area (Å²) < 4.78 is 38.8. The fourth-order valence-electron chi connectivity index (χ4n) is 4.66. The Balaban J connectivity index is 1.20. The zero-order valence-electron chi connectivity index (χ0n) is 18.8. The van der Waals surface area contributed by atoms with Crippen LogP contribution in [0, 0.1) is 0 Å². The van der Waals surface area contributed by atoms with Gasteiger partial charge < -0.3 is 9.47 Å². The molecule has 0 aliphatic carbocycles. The van der Waals surface area contributed by atoms with Gasteiger partial charge in [-0.05, 0) is 24.1 Å². The molecule has 0 spiro atoms. The summed E-state index contributed by atoms with van der Waals surface area (Å²) in [5.74, 6) is 0.606. The third-order valence-corrected chi connectivity index (χ3v) is 8.45. The van der Waals surface area contributed by atoms with Gasteiger partial charge in [0.25, 0.3) is 0 Å². The Morgan fingerprint density at radius 1 is 0.882 bits per heavy atom. The summed E-state index contributed by atoms with van der Waals surface area (Å²) in [4.78, 5) is 28.9. The monoisotopic (exact) mass is 485 g/mol. The summed E-state index contributed by atoms with van der Waals surface area (Å²) in [5.41, 5.74) is 1.07. The maximum absolute atomic E-state index is 13.2. The zero-order valence-corrected chi connectivity index (χ0v) is 19.6. The lowest BCUT2D eigenvalue weighted by Gasteiger charge is -2.36. The van der Waals surface area contributed by atoms with Crippen LogP contribution in [0.15, 0.2) is 53.4 Å². The molecular weight excluding hydrogens is 458 g/mol. The van der Waals surface area contributed by atoms with Gasteiger partial charge in [0.1, 0.15) is 13.2 Å². The minimum absolute atomic E-state index is 0.141. The molecule has 0 aromatic heterocycles. The van der Waals surface area contributed by atoms with E-state index in [0.717, 1.165) is 5.56 Å². The van der Waals surface area contributed by atoms with E-state index in [0.29, 0.717) is 50.8 Å². The number of piperazine rings is 1. The number of carbonyl (C=O) groups is 2. The van der Waals surface area contributed by atoms with E-state index in [1.165, 1.54) is 21.3 Å². The molecule has 2 aromatic carbocycles. The Morgan fingerprint density at radius 3 is 2.32 bits per heavy atom. The Labute approximate surface area is 198 Å². The highest BCUT2D eigenvalue weighted by molar-refractivity contribution is 7.89. The average molecular weight is 486 g/mol. The van der Waals surface area contributed by atoms with Gasteiger partial charge in [0.2, 0.25) is 21.8 Å². The number of likely N-dealkylation sites (tertiary alicyclic amines) is 1. The molecule has 0 unspecified atom stereocenters. The first-order chi connectivity index (χ1) is 16.4. The van der Waals surface area contributed by atoms with Gasteiger partial charge in [0.05, 0.1) is 17.4 Å². The third-order valence-electron chi connectivity index (χ3n) is 6.55. The number of hydrogen-bond donors (Lipinski definition) is 0. The number of ether oxygens (including phenoxy) is 2. The molecule has 2 amide bonds. The van der Waals surface area contributed by atoms with Crippen molar-refractivity contribution >= 4 is 21.8 Å². The normalized spacial score (nSPS) is 21.8. The molecule has 10 heteroatoms. The maximum Gasteiger partial charge on any atom is 0.247 e. The summed E-state index contributed by atoms with van der Waals surface area (Å²) >= 11 is 0. The highest BCUT2D eigenvalue weighted by atomic mass is 32.2. The Kier molecular flexibility index (Phi) is 6.28. The number of benzene rings is 2. The molecule has 3 heterocycles. The van der Waals surface area contributed by atoms with Crippen molar-refractivity contribution in [3.8, 4) is 11.5 Å².